The van der Waals surface area contributed by atoms with Gasteiger partial charge in [-0.05, 0) is 0 Å². The van der Waals surface area contributed by atoms with Crippen LogP contribution in [0.3, 0.4) is 0 Å². The average molecular weight is 157 g/mol. The second kappa shape index (κ2) is 5.86. The summed E-state index contributed by atoms with van der Waals surface area (Å²) in [6, 6.07) is 0. The first-order valence-corrected chi connectivity index (χ1v) is 1.90. The molecule has 0 rings (SSSR count). The van der Waals surface area contributed by atoms with E-state index in [1.54, 1.807) is 0 Å². The maximum Gasteiger partial charge on any atom is 1.00 e. The van der Waals surface area contributed by atoms with Crippen LogP contribution in [0.1, 0.15) is 0 Å². The van der Waals surface area contributed by atoms with Crippen LogP contribution >= 0.6 is 0 Å². The fraction of sp³-hybridized carbons (Fsp3) is 0. The van der Waals surface area contributed by atoms with Gasteiger partial charge in [0.25, 0.3) is 0 Å². The second-order valence-electron chi connectivity index (χ2n) is 0.396. The van der Waals surface area contributed by atoms with Crippen molar-refractivity contribution in [1.29, 1.82) is 0 Å². The Hall–Kier alpha value is 1.73. The third-order valence-corrected chi connectivity index (χ3v) is 0. The van der Waals surface area contributed by atoms with Crippen LogP contribution in [-0.2, 0) is 0 Å². The minimum absolute atomic E-state index is 0. The molecular formula is H2ClKO5. The monoisotopic (exact) mass is 156 g/mol. The zero-order valence-electron chi connectivity index (χ0n) is 3.50. The molecule has 0 radical (unpaired) electrons. The van der Waals surface area contributed by atoms with Crippen molar-refractivity contribution >= 4 is 0 Å². The van der Waals surface area contributed by atoms with E-state index in [9.17, 15) is 0 Å². The van der Waals surface area contributed by atoms with Crippen molar-refractivity contribution < 1.29 is 85.7 Å². The van der Waals surface area contributed by atoms with Crippen LogP contribution in [0.5, 0.6) is 0 Å². The average Bonchev–Trinajstić information content (AvgIpc) is 0.722. The number of halogens is 1. The molecular weight excluding hydrogens is 155 g/mol. The minimum Gasteiger partial charge on any atom is -0.870 e. The molecule has 0 bridgehead atoms. The van der Waals surface area contributed by atoms with E-state index < -0.39 is 10.2 Å². The van der Waals surface area contributed by atoms with Crippen LogP contribution in [0.4, 0.5) is 0 Å². The van der Waals surface area contributed by atoms with E-state index in [1.165, 1.54) is 0 Å². The molecule has 0 atom stereocenters. The summed E-state index contributed by atoms with van der Waals surface area (Å²) in [6.07, 6.45) is 0. The van der Waals surface area contributed by atoms with Gasteiger partial charge in [-0.3, -0.25) is 0 Å². The van der Waals surface area contributed by atoms with Crippen molar-refractivity contribution in [2.75, 3.05) is 0 Å². The summed E-state index contributed by atoms with van der Waals surface area (Å²) in [6.45, 7) is 0. The molecule has 40 valence electrons. The van der Waals surface area contributed by atoms with Crippen molar-refractivity contribution in [1.82, 2.24) is 0 Å². The second-order valence-corrected chi connectivity index (χ2v) is 1.19. The molecule has 5 nitrogen and oxygen atoms in total. The molecule has 0 unspecified atom stereocenters. The third-order valence-electron chi connectivity index (χ3n) is 0. The first-order chi connectivity index (χ1) is 2.00. The molecule has 0 amide bonds. The van der Waals surface area contributed by atoms with E-state index >= 15 is 0 Å². The zero-order valence-corrected chi connectivity index (χ0v) is 7.38. The maximum absolute atomic E-state index is 8.60. The fourth-order valence-corrected chi connectivity index (χ4v) is 0. The molecule has 0 aliphatic carbocycles. The molecule has 2 N–H and O–H groups in total. The predicted molar refractivity (Wildman–Crippen MR) is 4.15 cm³/mol. The Bertz CT molecular complexity index is 23.6. The largest absolute Gasteiger partial charge is 1.00 e. The smallest absolute Gasteiger partial charge is 0.870 e. The van der Waals surface area contributed by atoms with Gasteiger partial charge < -0.3 is 5.48 Å². The molecule has 0 aromatic heterocycles. The number of hydrogen-bond donors (Lipinski definition) is 1. The van der Waals surface area contributed by atoms with E-state index in [-0.39, 0.29) is 56.9 Å². The van der Waals surface area contributed by atoms with Crippen molar-refractivity contribution in [2.24, 2.45) is 0 Å². The topological polar surface area (TPSA) is 119 Å². The Labute approximate surface area is 84.4 Å². The molecule has 0 heterocycles. The van der Waals surface area contributed by atoms with E-state index in [2.05, 4.69) is 0 Å². The van der Waals surface area contributed by atoms with E-state index in [0.717, 1.165) is 0 Å². The van der Waals surface area contributed by atoms with Gasteiger partial charge in [0.1, 0.15) is 0 Å². The summed E-state index contributed by atoms with van der Waals surface area (Å²) >= 11 is 0. The molecule has 0 saturated carbocycles. The van der Waals surface area contributed by atoms with Crippen LogP contribution in [0.2, 0.25) is 0 Å². The van der Waals surface area contributed by atoms with E-state index in [1.807, 2.05) is 0 Å². The van der Waals surface area contributed by atoms with Crippen LogP contribution < -0.4 is 65.4 Å². The SMILES string of the molecule is [K+].[O-][Cl+3]([O-])([O-])O.[OH-]. The molecule has 0 fully saturated rings. The summed E-state index contributed by atoms with van der Waals surface area (Å²) in [5.74, 6) is 0. The van der Waals surface area contributed by atoms with Crippen molar-refractivity contribution in [3.63, 3.8) is 0 Å². The van der Waals surface area contributed by atoms with Gasteiger partial charge in [0.15, 0.2) is 0 Å². The molecule has 7 heavy (non-hydrogen) atoms. The van der Waals surface area contributed by atoms with Crippen LogP contribution in [-0.4, -0.2) is 10.1 Å². The number of hydrogen-bond acceptors (Lipinski definition) is 5. The zero-order chi connectivity index (χ0) is 4.50. The fourth-order valence-electron chi connectivity index (χ4n) is 0. The Morgan fingerprint density at radius 1 is 1.14 bits per heavy atom. The standard InChI is InChI=1S/ClHO4.K.H2O/c2-1(3,4)5;;/h(H,2,3,4,5);;1H2/q;+1;/p-1. The first kappa shape index (κ1) is 15.9. The van der Waals surface area contributed by atoms with Crippen LogP contribution in [0.25, 0.3) is 0 Å². The van der Waals surface area contributed by atoms with Gasteiger partial charge in [0.05, 0.1) is 14.9 Å². The molecule has 7 heteroatoms. The van der Waals surface area contributed by atoms with Gasteiger partial charge in [0, 0.05) is 0 Å². The molecule has 0 aromatic rings. The van der Waals surface area contributed by atoms with Crippen LogP contribution in [0.15, 0.2) is 0 Å². The molecule has 0 saturated heterocycles. The summed E-state index contributed by atoms with van der Waals surface area (Å²) in [4.78, 5) is 0. The van der Waals surface area contributed by atoms with Gasteiger partial charge >= 0.3 is 51.4 Å². The van der Waals surface area contributed by atoms with Crippen molar-refractivity contribution in [2.45, 2.75) is 0 Å². The summed E-state index contributed by atoms with van der Waals surface area (Å²) < 4.78 is 32.7. The molecule has 0 spiro atoms. The van der Waals surface area contributed by atoms with E-state index in [0.29, 0.717) is 0 Å². The molecule has 0 aromatic carbocycles. The Balaban J connectivity index is -0.0000000800. The van der Waals surface area contributed by atoms with Gasteiger partial charge in [-0.1, -0.05) is 0 Å². The van der Waals surface area contributed by atoms with E-state index in [4.69, 9.17) is 18.6 Å². The Kier molecular flexibility index (Phi) is 13.3. The van der Waals surface area contributed by atoms with Crippen LogP contribution in [0, 0.1) is 10.2 Å². The summed E-state index contributed by atoms with van der Waals surface area (Å²) in [5.41, 5.74) is 0. The normalized spacial score (nSPS) is 8.57. The van der Waals surface area contributed by atoms with Gasteiger partial charge in [-0.25, -0.2) is 0 Å². The van der Waals surface area contributed by atoms with Crippen molar-refractivity contribution in [3.05, 3.63) is 0 Å². The third kappa shape index (κ3) is 85.0. The Morgan fingerprint density at radius 2 is 1.14 bits per heavy atom. The summed E-state index contributed by atoms with van der Waals surface area (Å²) in [5, 5.41) is 0. The number of rotatable bonds is 0. The van der Waals surface area contributed by atoms with Gasteiger partial charge in [0.2, 0.25) is 0 Å². The maximum atomic E-state index is 8.60. The minimum atomic E-state index is -4.69. The first-order valence-electron chi connectivity index (χ1n) is 0.632. The molecule has 0 aliphatic rings. The Morgan fingerprint density at radius 3 is 1.14 bits per heavy atom. The van der Waals surface area contributed by atoms with Crippen molar-refractivity contribution in [3.8, 4) is 0 Å². The molecule has 0 aliphatic heterocycles. The van der Waals surface area contributed by atoms with Gasteiger partial charge in [-0.15, -0.1) is 0 Å². The quantitative estimate of drug-likeness (QED) is 0.350. The van der Waals surface area contributed by atoms with Gasteiger partial charge in [-0.2, -0.15) is 14.0 Å². The predicted octanol–water partition coefficient (Wildman–Crippen LogP) is -7.30. The summed E-state index contributed by atoms with van der Waals surface area (Å²) in [7, 11) is -4.69.